The van der Waals surface area contributed by atoms with E-state index in [1.165, 1.54) is 12.0 Å². The van der Waals surface area contributed by atoms with Gasteiger partial charge in [0.15, 0.2) is 23.0 Å². The number of nitrogens with zero attached hydrogens (tertiary/aromatic N) is 4. The van der Waals surface area contributed by atoms with Gasteiger partial charge >= 0.3 is 0 Å². The summed E-state index contributed by atoms with van der Waals surface area (Å²) in [5.74, 6) is 4.99. The van der Waals surface area contributed by atoms with Crippen molar-refractivity contribution in [3.8, 4) is 34.8 Å². The van der Waals surface area contributed by atoms with E-state index in [1.54, 1.807) is 41.7 Å². The zero-order valence-corrected chi connectivity index (χ0v) is 35.2. The molecule has 4 heterocycles. The maximum absolute atomic E-state index is 11.2. The first-order chi connectivity index (χ1) is 27.5. The molecule has 0 spiro atoms. The fraction of sp³-hybridized carbons (Fsp3) is 0.489. The molecule has 2 unspecified atom stereocenters. The number of fused-ring (bicyclic) bond motifs is 4. The summed E-state index contributed by atoms with van der Waals surface area (Å²) in [6.45, 7) is 12.1. The zero-order chi connectivity index (χ0) is 41.1. The highest BCUT2D eigenvalue weighted by Gasteiger charge is 2.42. The summed E-state index contributed by atoms with van der Waals surface area (Å²) in [6, 6.07) is 22.5. The van der Waals surface area contributed by atoms with Crippen molar-refractivity contribution < 1.29 is 28.8 Å². The van der Waals surface area contributed by atoms with Crippen molar-refractivity contribution in [1.82, 2.24) is 14.8 Å². The van der Waals surface area contributed by atoms with E-state index in [4.69, 9.17) is 23.7 Å². The predicted octanol–water partition coefficient (Wildman–Crippen LogP) is 8.27. The van der Waals surface area contributed by atoms with E-state index in [9.17, 15) is 10.4 Å². The lowest BCUT2D eigenvalue weighted by Gasteiger charge is -2.50. The summed E-state index contributed by atoms with van der Waals surface area (Å²) in [5.41, 5.74) is 3.45. The molecule has 0 saturated carbocycles. The second-order valence-electron chi connectivity index (χ2n) is 15.6. The average Bonchev–Trinajstić information content (AvgIpc) is 3.26. The van der Waals surface area contributed by atoms with Crippen LogP contribution in [0.2, 0.25) is 0 Å². The summed E-state index contributed by atoms with van der Waals surface area (Å²) >= 11 is 0. The van der Waals surface area contributed by atoms with Crippen LogP contribution in [0.15, 0.2) is 79.5 Å². The van der Waals surface area contributed by atoms with E-state index < -0.39 is 11.5 Å². The highest BCUT2D eigenvalue weighted by Crippen LogP contribution is 2.43. The van der Waals surface area contributed by atoms with E-state index in [0.717, 1.165) is 91.1 Å². The van der Waals surface area contributed by atoms with Crippen LogP contribution in [0.3, 0.4) is 0 Å². The number of likely N-dealkylation sites (N-methyl/N-ethyl adjacent to an activating group) is 1. The van der Waals surface area contributed by atoms with Crippen molar-refractivity contribution in [2.75, 3.05) is 68.8 Å². The molecule has 0 aliphatic carbocycles. The molecule has 4 aromatic rings. The first-order valence-corrected chi connectivity index (χ1v) is 20.1. The van der Waals surface area contributed by atoms with Crippen molar-refractivity contribution in [2.45, 2.75) is 63.5 Å². The van der Waals surface area contributed by atoms with Gasteiger partial charge in [-0.15, -0.1) is 6.58 Å². The Bertz CT molecular complexity index is 1980. The third kappa shape index (κ3) is 9.84. The van der Waals surface area contributed by atoms with Crippen molar-refractivity contribution in [2.24, 2.45) is 17.8 Å². The van der Waals surface area contributed by atoms with Gasteiger partial charge in [-0.3, -0.25) is 9.88 Å². The molecule has 0 amide bonds. The zero-order valence-electron chi connectivity index (χ0n) is 35.2. The maximum Gasteiger partial charge on any atom is 0.161 e. The smallest absolute Gasteiger partial charge is 0.161 e. The molecule has 3 aromatic carbocycles. The molecule has 3 fully saturated rings. The Labute approximate surface area is 340 Å². The Morgan fingerprint density at radius 3 is 2.25 bits per heavy atom. The quantitative estimate of drug-likeness (QED) is 0.105. The lowest BCUT2D eigenvalue weighted by Crippen LogP contribution is -2.54. The molecule has 3 aliphatic heterocycles. The van der Waals surface area contributed by atoms with Crippen molar-refractivity contribution in [3.05, 3.63) is 96.2 Å². The summed E-state index contributed by atoms with van der Waals surface area (Å²) in [4.78, 5) is 9.17. The Morgan fingerprint density at radius 2 is 1.63 bits per heavy atom. The monoisotopic (exact) mass is 778 g/mol. The number of ether oxygens (including phenoxy) is 5. The summed E-state index contributed by atoms with van der Waals surface area (Å²) in [7, 11) is 10.3. The molecular formula is C47H62N4O6. The predicted molar refractivity (Wildman–Crippen MR) is 227 cm³/mol. The van der Waals surface area contributed by atoms with Gasteiger partial charge in [0, 0.05) is 30.7 Å². The minimum atomic E-state index is -0.580. The van der Waals surface area contributed by atoms with E-state index in [0.29, 0.717) is 23.3 Å². The first kappa shape index (κ1) is 43.3. The van der Waals surface area contributed by atoms with Gasteiger partial charge in [0.25, 0.3) is 0 Å². The molecule has 10 heteroatoms. The Morgan fingerprint density at radius 1 is 0.930 bits per heavy atom. The van der Waals surface area contributed by atoms with E-state index >= 15 is 0 Å². The molecule has 2 bridgehead atoms. The second-order valence-corrected chi connectivity index (χ2v) is 15.6. The number of hydrogen-bond donors (Lipinski definition) is 1. The first-order valence-electron chi connectivity index (χ1n) is 20.1. The third-order valence-corrected chi connectivity index (χ3v) is 12.2. The highest BCUT2D eigenvalue weighted by atomic mass is 16.5. The van der Waals surface area contributed by atoms with Crippen LogP contribution >= 0.6 is 0 Å². The van der Waals surface area contributed by atoms with Crippen LogP contribution in [0, 0.1) is 29.1 Å². The number of nitriles is 1. The Hall–Kier alpha value is -4.82. The molecule has 3 saturated heterocycles. The number of benzene rings is 3. The molecule has 1 N–H and O–H groups in total. The standard InChI is InChI=1S/C27H38N2O4.C20H24N2O2/c1-20(2)27(19-28,22-10-12-24(31-5)26(18-22)33-7)14-8-15-29(3)16-13-21-9-11-23(30-4)25(17-21)32-6;1-3-13-12-22-9-7-14(13)10-19(22)20(23)16-6-8-21-18-5-4-15(24-2)11-17(16)18/h9-12,17-18,20H,8,13-16H2,1-7H3;3-6,8,11,13-14,19-20,23H,1,7,9-10,12H2,2H3/t;13-,14-,19-,20+/m.0/s1. The minimum Gasteiger partial charge on any atom is -0.497 e. The lowest BCUT2D eigenvalue weighted by molar-refractivity contribution is -0.0444. The summed E-state index contributed by atoms with van der Waals surface area (Å²) in [6.07, 6.45) is 8.23. The van der Waals surface area contributed by atoms with Gasteiger partial charge in [-0.2, -0.15) is 5.26 Å². The highest BCUT2D eigenvalue weighted by molar-refractivity contribution is 5.84. The van der Waals surface area contributed by atoms with Crippen LogP contribution in [0.1, 0.15) is 62.3 Å². The number of piperidine rings is 3. The molecule has 57 heavy (non-hydrogen) atoms. The second kappa shape index (κ2) is 20.0. The fourth-order valence-electron chi connectivity index (χ4n) is 8.67. The van der Waals surface area contributed by atoms with E-state index in [2.05, 4.69) is 60.5 Å². The van der Waals surface area contributed by atoms with E-state index in [-0.39, 0.29) is 12.0 Å². The van der Waals surface area contributed by atoms with E-state index in [1.807, 2.05) is 54.6 Å². The normalized spacial score (nSPS) is 20.2. The van der Waals surface area contributed by atoms with Gasteiger partial charge in [0.1, 0.15) is 5.75 Å². The summed E-state index contributed by atoms with van der Waals surface area (Å²) in [5, 5.41) is 22.4. The van der Waals surface area contributed by atoms with Crippen LogP contribution in [0.4, 0.5) is 0 Å². The van der Waals surface area contributed by atoms with Gasteiger partial charge in [-0.25, -0.2) is 0 Å². The number of aromatic nitrogens is 1. The number of aliphatic hydroxyl groups is 1. The van der Waals surface area contributed by atoms with Crippen LogP contribution < -0.4 is 23.7 Å². The molecule has 0 radical (unpaired) electrons. The van der Waals surface area contributed by atoms with Crippen LogP contribution in [0.25, 0.3) is 10.9 Å². The largest absolute Gasteiger partial charge is 0.497 e. The molecule has 10 nitrogen and oxygen atoms in total. The van der Waals surface area contributed by atoms with Crippen LogP contribution in [-0.2, 0) is 11.8 Å². The van der Waals surface area contributed by atoms with Gasteiger partial charge < -0.3 is 33.7 Å². The number of methoxy groups -OCH3 is 5. The molecular weight excluding hydrogens is 717 g/mol. The molecule has 306 valence electrons. The Kier molecular flexibility index (Phi) is 15.2. The third-order valence-electron chi connectivity index (χ3n) is 12.2. The van der Waals surface area contributed by atoms with Crippen molar-refractivity contribution >= 4 is 10.9 Å². The van der Waals surface area contributed by atoms with Gasteiger partial charge in [-0.1, -0.05) is 32.1 Å². The van der Waals surface area contributed by atoms with Crippen LogP contribution in [-0.4, -0.2) is 94.7 Å². The minimum absolute atomic E-state index is 0.165. The number of pyridine rings is 1. The topological polar surface area (TPSA) is 110 Å². The average molecular weight is 779 g/mol. The van der Waals surface area contributed by atoms with Crippen LogP contribution in [0.5, 0.6) is 28.7 Å². The molecule has 7 rings (SSSR count). The van der Waals surface area contributed by atoms with Gasteiger partial charge in [-0.05, 0) is 135 Å². The van der Waals surface area contributed by atoms with Crippen molar-refractivity contribution in [3.63, 3.8) is 0 Å². The van der Waals surface area contributed by atoms with Gasteiger partial charge in [0.2, 0.25) is 0 Å². The maximum atomic E-state index is 11.2. The summed E-state index contributed by atoms with van der Waals surface area (Å²) < 4.78 is 26.9. The van der Waals surface area contributed by atoms with Crippen molar-refractivity contribution in [1.29, 1.82) is 5.26 Å². The molecule has 1 aromatic heterocycles. The number of hydrogen-bond acceptors (Lipinski definition) is 10. The SMILES string of the molecule is C=C[C@H]1CN2CC[C@H]1C[C@H]2[C@H](O)c1ccnc2ccc(OC)cc12.COc1ccc(CCN(C)CCCC(C#N)(c2ccc(OC)c(OC)c2)C(C)C)cc1OC. The molecule has 3 aliphatic rings. The molecule has 6 atom stereocenters. The number of aliphatic hydroxyl groups excluding tert-OH is 1. The fourth-order valence-corrected chi connectivity index (χ4v) is 8.67. The number of rotatable bonds is 17. The van der Waals surface area contributed by atoms with Gasteiger partial charge in [0.05, 0.1) is 58.7 Å². The Balaban J connectivity index is 0.000000227. The lowest BCUT2D eigenvalue weighted by atomic mass is 9.69.